The average Bonchev–Trinajstić information content (AvgIpc) is 2.88. The van der Waals surface area contributed by atoms with Gasteiger partial charge in [-0.25, -0.2) is 9.40 Å². The molecule has 3 fully saturated rings. The van der Waals surface area contributed by atoms with Gasteiger partial charge in [0, 0.05) is 13.1 Å². The Kier molecular flexibility index (Phi) is 2.57. The van der Waals surface area contributed by atoms with Gasteiger partial charge in [-0.15, -0.1) is 0 Å². The topological polar surface area (TPSA) is 23.6 Å². The van der Waals surface area contributed by atoms with Gasteiger partial charge in [-0.1, -0.05) is 26.0 Å². The Morgan fingerprint density at radius 2 is 2.05 bits per heavy atom. The number of fused-ring (bicyclic) bond motifs is 1. The molecule has 1 saturated carbocycles. The SMILES string of the molecule is CC1(C)CC2(CN3CCC(c4cccc(F)c4)N3C2=O)C1. The Hall–Kier alpha value is -1.42. The summed E-state index contributed by atoms with van der Waals surface area (Å²) in [5, 5.41) is 4.11. The average molecular weight is 288 g/mol. The molecule has 0 aromatic heterocycles. The lowest BCUT2D eigenvalue weighted by Crippen LogP contribution is -2.50. The zero-order chi connectivity index (χ0) is 14.8. The van der Waals surface area contributed by atoms with Gasteiger partial charge in [-0.05, 0) is 42.4 Å². The summed E-state index contributed by atoms with van der Waals surface area (Å²) in [6, 6.07) is 6.70. The zero-order valence-corrected chi connectivity index (χ0v) is 12.6. The number of hydrazine groups is 1. The summed E-state index contributed by atoms with van der Waals surface area (Å²) >= 11 is 0. The number of halogens is 1. The van der Waals surface area contributed by atoms with Gasteiger partial charge in [0.05, 0.1) is 11.5 Å². The minimum Gasteiger partial charge on any atom is -0.273 e. The van der Waals surface area contributed by atoms with E-state index in [-0.39, 0.29) is 28.6 Å². The van der Waals surface area contributed by atoms with Crippen molar-refractivity contribution in [1.82, 2.24) is 10.0 Å². The standard InChI is InChI=1S/C17H21FN2O/c1-16(2)9-17(10-16)11-19-7-6-14(20(19)15(17)21)12-4-3-5-13(18)8-12/h3-5,8,14H,6-7,9-11H2,1-2H3. The van der Waals surface area contributed by atoms with Gasteiger partial charge in [0.2, 0.25) is 5.91 Å². The first-order chi connectivity index (χ1) is 9.90. The van der Waals surface area contributed by atoms with E-state index in [4.69, 9.17) is 0 Å². The molecule has 4 heteroatoms. The highest BCUT2D eigenvalue weighted by molar-refractivity contribution is 5.86. The maximum absolute atomic E-state index is 13.5. The Balaban J connectivity index is 1.62. The molecule has 4 rings (SSSR count). The minimum atomic E-state index is -0.225. The molecular formula is C17H21FN2O. The van der Waals surface area contributed by atoms with Crippen LogP contribution in [-0.4, -0.2) is 29.0 Å². The van der Waals surface area contributed by atoms with E-state index >= 15 is 0 Å². The molecule has 3 aliphatic rings. The smallest absolute Gasteiger partial charge is 0.245 e. The van der Waals surface area contributed by atoms with E-state index in [0.29, 0.717) is 0 Å². The molecular weight excluding hydrogens is 267 g/mol. The third kappa shape index (κ3) is 1.85. The Morgan fingerprint density at radius 1 is 1.29 bits per heavy atom. The van der Waals surface area contributed by atoms with E-state index < -0.39 is 0 Å². The van der Waals surface area contributed by atoms with Gasteiger partial charge in [-0.2, -0.15) is 0 Å². The predicted molar refractivity (Wildman–Crippen MR) is 77.6 cm³/mol. The second-order valence-corrected chi connectivity index (χ2v) is 7.70. The number of carbonyl (C=O) groups excluding carboxylic acids is 1. The lowest BCUT2D eigenvalue weighted by molar-refractivity contribution is -0.151. The third-order valence-corrected chi connectivity index (χ3v) is 5.27. The lowest BCUT2D eigenvalue weighted by atomic mass is 9.54. The number of hydrogen-bond acceptors (Lipinski definition) is 2. The van der Waals surface area contributed by atoms with Crippen molar-refractivity contribution in [3.05, 3.63) is 35.6 Å². The van der Waals surface area contributed by atoms with Crippen LogP contribution in [0.4, 0.5) is 4.39 Å². The molecule has 0 bridgehead atoms. The van der Waals surface area contributed by atoms with Crippen molar-refractivity contribution in [2.75, 3.05) is 13.1 Å². The number of rotatable bonds is 1. The van der Waals surface area contributed by atoms with E-state index in [0.717, 1.165) is 37.9 Å². The van der Waals surface area contributed by atoms with Gasteiger partial charge < -0.3 is 0 Å². The summed E-state index contributed by atoms with van der Waals surface area (Å²) in [6.07, 6.45) is 2.85. The summed E-state index contributed by atoms with van der Waals surface area (Å²) in [6.45, 7) is 6.21. The molecule has 1 aromatic rings. The largest absolute Gasteiger partial charge is 0.273 e. The molecule has 1 unspecified atom stereocenters. The number of amides is 1. The van der Waals surface area contributed by atoms with Crippen molar-refractivity contribution in [2.45, 2.75) is 39.2 Å². The number of nitrogens with zero attached hydrogens (tertiary/aromatic N) is 2. The molecule has 1 aliphatic carbocycles. The Morgan fingerprint density at radius 3 is 2.71 bits per heavy atom. The molecule has 2 heterocycles. The van der Waals surface area contributed by atoms with Crippen LogP contribution in [0.1, 0.15) is 44.7 Å². The van der Waals surface area contributed by atoms with Crippen LogP contribution in [0.3, 0.4) is 0 Å². The third-order valence-electron chi connectivity index (χ3n) is 5.27. The summed E-state index contributed by atoms with van der Waals surface area (Å²) in [7, 11) is 0. The van der Waals surface area contributed by atoms with Crippen molar-refractivity contribution in [1.29, 1.82) is 0 Å². The van der Waals surface area contributed by atoms with Crippen molar-refractivity contribution < 1.29 is 9.18 Å². The van der Waals surface area contributed by atoms with Gasteiger partial charge in [0.15, 0.2) is 0 Å². The van der Waals surface area contributed by atoms with Crippen molar-refractivity contribution >= 4 is 5.91 Å². The van der Waals surface area contributed by atoms with Crippen molar-refractivity contribution in [3.63, 3.8) is 0 Å². The molecule has 0 N–H and O–H groups in total. The van der Waals surface area contributed by atoms with E-state index in [1.54, 1.807) is 12.1 Å². The number of hydrogen-bond donors (Lipinski definition) is 0. The highest BCUT2D eigenvalue weighted by Gasteiger charge is 2.63. The van der Waals surface area contributed by atoms with Crippen LogP contribution >= 0.6 is 0 Å². The fraction of sp³-hybridized carbons (Fsp3) is 0.588. The van der Waals surface area contributed by atoms with Crippen LogP contribution in [0.15, 0.2) is 24.3 Å². The van der Waals surface area contributed by atoms with Crippen LogP contribution in [0.25, 0.3) is 0 Å². The van der Waals surface area contributed by atoms with E-state index in [1.165, 1.54) is 6.07 Å². The summed E-state index contributed by atoms with van der Waals surface area (Å²) < 4.78 is 13.5. The van der Waals surface area contributed by atoms with Crippen LogP contribution in [0.2, 0.25) is 0 Å². The molecule has 21 heavy (non-hydrogen) atoms. The fourth-order valence-corrected chi connectivity index (χ4v) is 4.85. The molecule has 1 amide bonds. The first-order valence-electron chi connectivity index (χ1n) is 7.74. The molecule has 1 spiro atoms. The highest BCUT2D eigenvalue weighted by atomic mass is 19.1. The van der Waals surface area contributed by atoms with Crippen LogP contribution < -0.4 is 0 Å². The van der Waals surface area contributed by atoms with Crippen LogP contribution in [0.5, 0.6) is 0 Å². The summed E-state index contributed by atoms with van der Waals surface area (Å²) in [4.78, 5) is 12.9. The van der Waals surface area contributed by atoms with Gasteiger partial charge in [0.25, 0.3) is 0 Å². The molecule has 1 atom stereocenters. The van der Waals surface area contributed by atoms with Crippen molar-refractivity contribution in [3.8, 4) is 0 Å². The molecule has 3 nitrogen and oxygen atoms in total. The monoisotopic (exact) mass is 288 g/mol. The zero-order valence-electron chi connectivity index (χ0n) is 12.6. The second kappa shape index (κ2) is 4.07. The second-order valence-electron chi connectivity index (χ2n) is 7.70. The molecule has 2 aliphatic heterocycles. The van der Waals surface area contributed by atoms with E-state index in [2.05, 4.69) is 18.9 Å². The normalized spacial score (nSPS) is 29.8. The number of carbonyl (C=O) groups is 1. The molecule has 2 saturated heterocycles. The van der Waals surface area contributed by atoms with Crippen LogP contribution in [-0.2, 0) is 4.79 Å². The van der Waals surface area contributed by atoms with Crippen molar-refractivity contribution in [2.24, 2.45) is 10.8 Å². The summed E-state index contributed by atoms with van der Waals surface area (Å²) in [5.74, 6) is 0.0330. The minimum absolute atomic E-state index is 0.0105. The first-order valence-corrected chi connectivity index (χ1v) is 7.74. The fourth-order valence-electron chi connectivity index (χ4n) is 4.85. The Bertz CT molecular complexity index is 605. The summed E-state index contributed by atoms with van der Waals surface area (Å²) in [5.41, 5.74) is 1.03. The molecule has 112 valence electrons. The van der Waals surface area contributed by atoms with Gasteiger partial charge in [-0.3, -0.25) is 9.80 Å². The first kappa shape index (κ1) is 13.3. The lowest BCUT2D eigenvalue weighted by Gasteiger charge is -2.49. The van der Waals surface area contributed by atoms with E-state index in [9.17, 15) is 9.18 Å². The maximum Gasteiger partial charge on any atom is 0.245 e. The Labute approximate surface area is 124 Å². The van der Waals surface area contributed by atoms with E-state index in [1.807, 2.05) is 11.1 Å². The highest BCUT2D eigenvalue weighted by Crippen LogP contribution is 2.59. The predicted octanol–water partition coefficient (Wildman–Crippen LogP) is 3.14. The van der Waals surface area contributed by atoms with Gasteiger partial charge >= 0.3 is 0 Å². The van der Waals surface area contributed by atoms with Crippen LogP contribution in [0, 0.1) is 16.6 Å². The maximum atomic E-state index is 13.5. The van der Waals surface area contributed by atoms with Gasteiger partial charge in [0.1, 0.15) is 5.82 Å². The molecule has 1 aromatic carbocycles. The number of benzene rings is 1. The molecule has 0 radical (unpaired) electrons. The quantitative estimate of drug-likeness (QED) is 0.792.